The van der Waals surface area contributed by atoms with Crippen LogP contribution in [0.5, 0.6) is 5.75 Å². The Balaban J connectivity index is 1.39. The van der Waals surface area contributed by atoms with Crippen LogP contribution in [0.1, 0.15) is 17.7 Å². The number of amides is 3. The maximum Gasteiger partial charge on any atom is 0.318 e. The van der Waals surface area contributed by atoms with Crippen LogP contribution in [0.3, 0.4) is 0 Å². The van der Waals surface area contributed by atoms with Gasteiger partial charge in [-0.15, -0.1) is 0 Å². The van der Waals surface area contributed by atoms with E-state index in [-0.39, 0.29) is 18.0 Å². The van der Waals surface area contributed by atoms with Crippen molar-refractivity contribution in [3.63, 3.8) is 0 Å². The SMILES string of the molecule is COc1cccc(N2CC(NC(=O)N3CCc4[nH]ncc4C3)CC2=O)c1. The summed E-state index contributed by atoms with van der Waals surface area (Å²) in [7, 11) is 1.60. The molecule has 0 saturated carbocycles. The number of aromatic amines is 1. The average Bonchev–Trinajstić information content (AvgIpc) is 3.27. The van der Waals surface area contributed by atoms with Crippen LogP contribution in [0.15, 0.2) is 30.5 Å². The summed E-state index contributed by atoms with van der Waals surface area (Å²) < 4.78 is 5.22. The molecule has 1 fully saturated rings. The van der Waals surface area contributed by atoms with Gasteiger partial charge in [0.2, 0.25) is 5.91 Å². The van der Waals surface area contributed by atoms with E-state index in [0.29, 0.717) is 31.8 Å². The van der Waals surface area contributed by atoms with Gasteiger partial charge >= 0.3 is 6.03 Å². The summed E-state index contributed by atoms with van der Waals surface area (Å²) in [6, 6.07) is 7.05. The van der Waals surface area contributed by atoms with Crippen molar-refractivity contribution in [2.24, 2.45) is 0 Å². The number of carbonyl (C=O) groups excluding carboxylic acids is 2. The van der Waals surface area contributed by atoms with Crippen LogP contribution in [-0.4, -0.2) is 53.3 Å². The molecule has 2 aliphatic rings. The fraction of sp³-hybridized carbons (Fsp3) is 0.389. The number of urea groups is 1. The second-order valence-electron chi connectivity index (χ2n) is 6.60. The van der Waals surface area contributed by atoms with Gasteiger partial charge in [0.15, 0.2) is 0 Å². The lowest BCUT2D eigenvalue weighted by atomic mass is 10.1. The summed E-state index contributed by atoms with van der Waals surface area (Å²) in [5, 5.41) is 9.98. The number of H-pyrrole nitrogens is 1. The first-order valence-electron chi connectivity index (χ1n) is 8.65. The Morgan fingerprint density at radius 1 is 1.42 bits per heavy atom. The van der Waals surface area contributed by atoms with Crippen LogP contribution in [0.4, 0.5) is 10.5 Å². The van der Waals surface area contributed by atoms with Gasteiger partial charge < -0.3 is 19.9 Å². The number of fused-ring (bicyclic) bond motifs is 1. The number of nitrogens with one attached hydrogen (secondary N) is 2. The fourth-order valence-electron chi connectivity index (χ4n) is 3.49. The highest BCUT2D eigenvalue weighted by atomic mass is 16.5. The van der Waals surface area contributed by atoms with Gasteiger partial charge in [-0.05, 0) is 12.1 Å². The number of rotatable bonds is 3. The van der Waals surface area contributed by atoms with Gasteiger partial charge in [-0.3, -0.25) is 9.89 Å². The molecule has 2 aromatic rings. The summed E-state index contributed by atoms with van der Waals surface area (Å²) in [4.78, 5) is 28.4. The van der Waals surface area contributed by atoms with Crippen LogP contribution in [-0.2, 0) is 17.8 Å². The first kappa shape index (κ1) is 16.4. The number of anilines is 1. The molecule has 2 aliphatic heterocycles. The highest BCUT2D eigenvalue weighted by Crippen LogP contribution is 2.25. The van der Waals surface area contributed by atoms with Crippen molar-refractivity contribution in [2.45, 2.75) is 25.4 Å². The fourth-order valence-corrected chi connectivity index (χ4v) is 3.49. The number of hydrogen-bond donors (Lipinski definition) is 2. The molecule has 1 saturated heterocycles. The van der Waals surface area contributed by atoms with Gasteiger partial charge in [0, 0.05) is 48.9 Å². The first-order valence-corrected chi connectivity index (χ1v) is 8.65. The summed E-state index contributed by atoms with van der Waals surface area (Å²) in [6.45, 7) is 1.64. The third-order valence-electron chi connectivity index (χ3n) is 4.91. The van der Waals surface area contributed by atoms with Crippen LogP contribution >= 0.6 is 0 Å². The van der Waals surface area contributed by atoms with Crippen molar-refractivity contribution in [2.75, 3.05) is 25.1 Å². The van der Waals surface area contributed by atoms with Crippen molar-refractivity contribution in [3.8, 4) is 5.75 Å². The highest BCUT2D eigenvalue weighted by molar-refractivity contribution is 5.97. The number of aromatic nitrogens is 2. The summed E-state index contributed by atoms with van der Waals surface area (Å²) in [5.74, 6) is 0.700. The minimum atomic E-state index is -0.202. The van der Waals surface area contributed by atoms with Crippen molar-refractivity contribution in [3.05, 3.63) is 41.7 Å². The molecule has 8 heteroatoms. The zero-order valence-electron chi connectivity index (χ0n) is 14.6. The second-order valence-corrected chi connectivity index (χ2v) is 6.60. The quantitative estimate of drug-likeness (QED) is 0.868. The summed E-state index contributed by atoms with van der Waals surface area (Å²) in [5.41, 5.74) is 2.92. The van der Waals surface area contributed by atoms with E-state index >= 15 is 0 Å². The van der Waals surface area contributed by atoms with E-state index in [2.05, 4.69) is 15.5 Å². The van der Waals surface area contributed by atoms with Crippen molar-refractivity contribution >= 4 is 17.6 Å². The second kappa shape index (κ2) is 6.70. The third kappa shape index (κ3) is 3.10. The molecule has 3 amide bonds. The smallest absolute Gasteiger partial charge is 0.318 e. The third-order valence-corrected chi connectivity index (χ3v) is 4.91. The lowest BCUT2D eigenvalue weighted by Gasteiger charge is -2.28. The number of nitrogens with zero attached hydrogens (tertiary/aromatic N) is 3. The Bertz CT molecular complexity index is 834. The molecule has 2 N–H and O–H groups in total. The Morgan fingerprint density at radius 2 is 2.31 bits per heavy atom. The Kier molecular flexibility index (Phi) is 4.24. The molecular weight excluding hydrogens is 334 g/mol. The summed E-state index contributed by atoms with van der Waals surface area (Å²) >= 11 is 0. The molecule has 1 aromatic heterocycles. The monoisotopic (exact) mass is 355 g/mol. The molecular formula is C18H21N5O3. The van der Waals surface area contributed by atoms with Gasteiger partial charge in [-0.1, -0.05) is 6.07 Å². The number of benzene rings is 1. The molecule has 3 heterocycles. The van der Waals surface area contributed by atoms with Gasteiger partial charge in [-0.25, -0.2) is 4.79 Å². The van der Waals surface area contributed by atoms with E-state index in [0.717, 1.165) is 23.4 Å². The maximum atomic E-state index is 12.6. The van der Waals surface area contributed by atoms with Gasteiger partial charge in [-0.2, -0.15) is 5.10 Å². The molecule has 8 nitrogen and oxygen atoms in total. The molecule has 0 bridgehead atoms. The van der Waals surface area contributed by atoms with Gasteiger partial charge in [0.05, 0.1) is 25.9 Å². The molecule has 136 valence electrons. The van der Waals surface area contributed by atoms with Gasteiger partial charge in [0.25, 0.3) is 0 Å². The average molecular weight is 355 g/mol. The lowest BCUT2D eigenvalue weighted by Crippen LogP contribution is -2.47. The minimum Gasteiger partial charge on any atom is -0.497 e. The predicted molar refractivity (Wildman–Crippen MR) is 95.0 cm³/mol. The highest BCUT2D eigenvalue weighted by Gasteiger charge is 2.33. The summed E-state index contributed by atoms with van der Waals surface area (Å²) in [6.07, 6.45) is 2.83. The Labute approximate surface area is 151 Å². The topological polar surface area (TPSA) is 90.6 Å². The van der Waals surface area contributed by atoms with Crippen LogP contribution in [0.2, 0.25) is 0 Å². The number of ether oxygens (including phenoxy) is 1. The van der Waals surface area contributed by atoms with Crippen molar-refractivity contribution in [1.29, 1.82) is 0 Å². The van der Waals surface area contributed by atoms with E-state index in [9.17, 15) is 9.59 Å². The standard InChI is InChI=1S/C18H21N5O3/c1-26-15-4-2-3-14(8-15)23-11-13(7-17(23)24)20-18(25)22-6-5-16-12(10-22)9-19-21-16/h2-4,8-9,13H,5-7,10-11H2,1H3,(H,19,21)(H,20,25). The van der Waals surface area contributed by atoms with Crippen molar-refractivity contribution < 1.29 is 14.3 Å². The lowest BCUT2D eigenvalue weighted by molar-refractivity contribution is -0.117. The Hall–Kier alpha value is -3.03. The van der Waals surface area contributed by atoms with Crippen LogP contribution < -0.4 is 15.0 Å². The molecule has 1 aromatic carbocycles. The van der Waals surface area contributed by atoms with Crippen LogP contribution in [0.25, 0.3) is 0 Å². The normalized spacial score (nSPS) is 19.4. The van der Waals surface area contributed by atoms with E-state index < -0.39 is 0 Å². The minimum absolute atomic E-state index is 0.000631. The zero-order chi connectivity index (χ0) is 18.1. The Morgan fingerprint density at radius 3 is 3.15 bits per heavy atom. The number of methoxy groups -OCH3 is 1. The molecule has 26 heavy (non-hydrogen) atoms. The van der Waals surface area contributed by atoms with E-state index in [1.165, 1.54) is 0 Å². The van der Waals surface area contributed by atoms with E-state index in [1.54, 1.807) is 23.1 Å². The number of hydrogen-bond acceptors (Lipinski definition) is 4. The van der Waals surface area contributed by atoms with E-state index in [1.807, 2.05) is 24.3 Å². The molecule has 1 atom stereocenters. The van der Waals surface area contributed by atoms with Crippen molar-refractivity contribution in [1.82, 2.24) is 20.4 Å². The van der Waals surface area contributed by atoms with Crippen LogP contribution in [0, 0.1) is 0 Å². The largest absolute Gasteiger partial charge is 0.497 e. The number of carbonyl (C=O) groups is 2. The molecule has 0 radical (unpaired) electrons. The molecule has 4 rings (SSSR count). The predicted octanol–water partition coefficient (Wildman–Crippen LogP) is 1.29. The van der Waals surface area contributed by atoms with Gasteiger partial charge in [0.1, 0.15) is 5.75 Å². The van der Waals surface area contributed by atoms with E-state index in [4.69, 9.17) is 4.74 Å². The first-order chi connectivity index (χ1) is 12.6. The zero-order valence-corrected chi connectivity index (χ0v) is 14.6. The molecule has 0 spiro atoms. The molecule has 0 aliphatic carbocycles. The molecule has 1 unspecified atom stereocenters. The maximum absolute atomic E-state index is 12.6.